The number of aromatic carboxylic acids is 1. The van der Waals surface area contributed by atoms with Crippen LogP contribution in [-0.2, 0) is 5.54 Å². The van der Waals surface area contributed by atoms with Gasteiger partial charge < -0.3 is 15.2 Å². The standard InChI is InChI=1S/C17H15BrFNO3S.Na/c1-8-13(14(16(22)23)9(2)24-8)15(21)20-17(3-4-17)10-5-11(18)7-12(19)6-10;/h5-7H,3-4H2,1-2H3,(H,20,21)(H,22,23);/q;+1/p-1. The predicted octanol–water partition coefficient (Wildman–Crippen LogP) is 0.0531. The van der Waals surface area contributed by atoms with Crippen molar-refractivity contribution in [1.82, 2.24) is 5.32 Å². The van der Waals surface area contributed by atoms with E-state index in [1.807, 2.05) is 0 Å². The number of carbonyl (C=O) groups is 2. The first-order valence-electron chi connectivity index (χ1n) is 7.34. The fourth-order valence-corrected chi connectivity index (χ4v) is 4.43. The van der Waals surface area contributed by atoms with E-state index in [1.54, 1.807) is 19.9 Å². The molecule has 8 heteroatoms. The van der Waals surface area contributed by atoms with E-state index >= 15 is 0 Å². The number of hydrogen-bond donors (Lipinski definition) is 1. The van der Waals surface area contributed by atoms with Gasteiger partial charge in [0.2, 0.25) is 0 Å². The fourth-order valence-electron chi connectivity index (χ4n) is 2.92. The molecule has 1 saturated carbocycles. The molecule has 1 N–H and O–H groups in total. The van der Waals surface area contributed by atoms with Gasteiger partial charge >= 0.3 is 29.6 Å². The van der Waals surface area contributed by atoms with Gasteiger partial charge in [0.15, 0.2) is 0 Å². The predicted molar refractivity (Wildman–Crippen MR) is 90.6 cm³/mol. The van der Waals surface area contributed by atoms with Crippen LogP contribution in [-0.4, -0.2) is 11.9 Å². The number of thiophene rings is 1. The van der Waals surface area contributed by atoms with Gasteiger partial charge in [0.25, 0.3) is 5.91 Å². The van der Waals surface area contributed by atoms with Gasteiger partial charge in [-0.15, -0.1) is 11.3 Å². The summed E-state index contributed by atoms with van der Waals surface area (Å²) < 4.78 is 14.3. The molecule has 1 aromatic heterocycles. The van der Waals surface area contributed by atoms with Gasteiger partial charge in [-0.3, -0.25) is 4.79 Å². The number of aryl methyl sites for hydroxylation is 2. The van der Waals surface area contributed by atoms with Crippen LogP contribution in [0, 0.1) is 19.7 Å². The smallest absolute Gasteiger partial charge is 0.545 e. The van der Waals surface area contributed by atoms with E-state index in [9.17, 15) is 19.1 Å². The van der Waals surface area contributed by atoms with Crippen LogP contribution < -0.4 is 40.0 Å². The van der Waals surface area contributed by atoms with Crippen LogP contribution in [0.5, 0.6) is 0 Å². The van der Waals surface area contributed by atoms with Gasteiger partial charge in [0, 0.05) is 19.8 Å². The molecule has 1 amide bonds. The van der Waals surface area contributed by atoms with Crippen molar-refractivity contribution in [3.8, 4) is 0 Å². The first-order valence-corrected chi connectivity index (χ1v) is 8.95. The molecule has 3 rings (SSSR count). The van der Waals surface area contributed by atoms with E-state index in [1.165, 1.54) is 23.5 Å². The molecule has 1 aliphatic carbocycles. The largest absolute Gasteiger partial charge is 1.00 e. The molecule has 1 aromatic carbocycles. The first-order chi connectivity index (χ1) is 11.2. The number of halogens is 2. The number of hydrogen-bond acceptors (Lipinski definition) is 4. The topological polar surface area (TPSA) is 69.2 Å². The van der Waals surface area contributed by atoms with Gasteiger partial charge in [-0.2, -0.15) is 0 Å². The molecule has 0 radical (unpaired) electrons. The van der Waals surface area contributed by atoms with Crippen molar-refractivity contribution >= 4 is 39.1 Å². The van der Waals surface area contributed by atoms with Gasteiger partial charge in [0.05, 0.1) is 17.1 Å². The third-order valence-corrected chi connectivity index (χ3v) is 5.69. The molecule has 25 heavy (non-hydrogen) atoms. The van der Waals surface area contributed by atoms with Crippen LogP contribution in [0.4, 0.5) is 4.39 Å². The number of amides is 1. The van der Waals surface area contributed by atoms with Crippen LogP contribution >= 0.6 is 27.3 Å². The fraction of sp³-hybridized carbons (Fsp3) is 0.294. The number of nitrogens with one attached hydrogen (secondary N) is 1. The van der Waals surface area contributed by atoms with Crippen LogP contribution in [0.2, 0.25) is 0 Å². The summed E-state index contributed by atoms with van der Waals surface area (Å²) in [5.41, 5.74) is 0.0977. The Morgan fingerprint density at radius 2 is 1.80 bits per heavy atom. The van der Waals surface area contributed by atoms with E-state index in [0.717, 1.165) is 0 Å². The Morgan fingerprint density at radius 3 is 2.32 bits per heavy atom. The van der Waals surface area contributed by atoms with E-state index in [4.69, 9.17) is 0 Å². The minimum Gasteiger partial charge on any atom is -0.545 e. The molecule has 0 unspecified atom stereocenters. The van der Waals surface area contributed by atoms with Crippen molar-refractivity contribution in [2.24, 2.45) is 0 Å². The second-order valence-electron chi connectivity index (χ2n) is 5.95. The number of carboxylic acids is 1. The van der Waals surface area contributed by atoms with Gasteiger partial charge in [0.1, 0.15) is 5.82 Å². The average molecular weight is 434 g/mol. The Kier molecular flexibility index (Phi) is 6.16. The maximum Gasteiger partial charge on any atom is 1.00 e. The maximum atomic E-state index is 13.7. The molecular formula is C17H14BrFNNaO3S. The van der Waals surface area contributed by atoms with E-state index < -0.39 is 23.2 Å². The van der Waals surface area contributed by atoms with Crippen LogP contribution in [0.3, 0.4) is 0 Å². The zero-order valence-electron chi connectivity index (χ0n) is 14.0. The molecule has 1 aliphatic rings. The number of carbonyl (C=O) groups excluding carboxylic acids is 2. The van der Waals surface area contributed by atoms with E-state index in [0.29, 0.717) is 32.6 Å². The van der Waals surface area contributed by atoms with Crippen molar-refractivity contribution < 1.29 is 48.6 Å². The minimum absolute atomic E-state index is 0. The van der Waals surface area contributed by atoms with Crippen molar-refractivity contribution in [3.05, 3.63) is 54.9 Å². The molecule has 0 aliphatic heterocycles. The zero-order valence-corrected chi connectivity index (χ0v) is 18.4. The summed E-state index contributed by atoms with van der Waals surface area (Å²) in [7, 11) is 0. The molecule has 4 nitrogen and oxygen atoms in total. The van der Waals surface area contributed by atoms with Gasteiger partial charge in [-0.05, 0) is 50.5 Å². The molecular weight excluding hydrogens is 420 g/mol. The van der Waals surface area contributed by atoms with Crippen LogP contribution in [0.25, 0.3) is 0 Å². The summed E-state index contributed by atoms with van der Waals surface area (Å²) in [5, 5.41) is 14.3. The Balaban J connectivity index is 0.00000225. The summed E-state index contributed by atoms with van der Waals surface area (Å²) in [6, 6.07) is 4.51. The first kappa shape index (κ1) is 20.6. The normalized spacial score (nSPS) is 14.6. The van der Waals surface area contributed by atoms with E-state index in [2.05, 4.69) is 21.2 Å². The summed E-state index contributed by atoms with van der Waals surface area (Å²) in [4.78, 5) is 25.2. The van der Waals surface area contributed by atoms with Crippen molar-refractivity contribution in [1.29, 1.82) is 0 Å². The summed E-state index contributed by atoms with van der Waals surface area (Å²) in [5.74, 6) is -2.22. The molecule has 0 saturated heterocycles. The van der Waals surface area contributed by atoms with Gasteiger partial charge in [-0.25, -0.2) is 4.39 Å². The molecule has 1 fully saturated rings. The molecule has 0 bridgehead atoms. The van der Waals surface area contributed by atoms with Crippen molar-refractivity contribution in [2.45, 2.75) is 32.2 Å². The monoisotopic (exact) mass is 433 g/mol. The van der Waals surface area contributed by atoms with Crippen molar-refractivity contribution in [3.63, 3.8) is 0 Å². The summed E-state index contributed by atoms with van der Waals surface area (Å²) >= 11 is 4.50. The molecule has 1 heterocycles. The summed E-state index contributed by atoms with van der Waals surface area (Å²) in [6.45, 7) is 3.35. The molecule has 126 valence electrons. The maximum absolute atomic E-state index is 13.7. The van der Waals surface area contributed by atoms with E-state index in [-0.39, 0.29) is 40.7 Å². The molecule has 0 atom stereocenters. The third kappa shape index (κ3) is 4.01. The number of rotatable bonds is 4. The van der Waals surface area contributed by atoms with Crippen molar-refractivity contribution in [2.75, 3.05) is 0 Å². The SMILES string of the molecule is Cc1sc(C)c(C(=O)NC2(c3cc(F)cc(Br)c3)CC2)c1C(=O)[O-].[Na+]. The Hall–Kier alpha value is -0.730. The van der Waals surface area contributed by atoms with Gasteiger partial charge in [-0.1, -0.05) is 15.9 Å². The number of carboxylic acid groups (broad SMARTS) is 1. The average Bonchev–Trinajstić information content (AvgIpc) is 3.16. The Labute approximate surface area is 179 Å². The zero-order chi connectivity index (χ0) is 17.6. The van der Waals surface area contributed by atoms with Crippen LogP contribution in [0.15, 0.2) is 22.7 Å². The summed E-state index contributed by atoms with van der Waals surface area (Å²) in [6.07, 6.45) is 1.36. The second kappa shape index (κ2) is 7.48. The number of benzene rings is 1. The minimum atomic E-state index is -1.36. The Bertz CT molecular complexity index is 844. The molecule has 0 spiro atoms. The Morgan fingerprint density at radius 1 is 1.20 bits per heavy atom. The quantitative estimate of drug-likeness (QED) is 0.692. The third-order valence-electron chi connectivity index (χ3n) is 4.21. The molecule has 2 aromatic rings. The second-order valence-corrected chi connectivity index (χ2v) is 8.29. The van der Waals surface area contributed by atoms with Crippen LogP contribution in [0.1, 0.15) is 48.9 Å².